The van der Waals surface area contributed by atoms with E-state index in [1.165, 1.54) is 44.9 Å². The van der Waals surface area contributed by atoms with Crippen LogP contribution in [0.1, 0.15) is 77.6 Å². The van der Waals surface area contributed by atoms with Crippen LogP contribution in [0.5, 0.6) is 0 Å². The average Bonchev–Trinajstić information content (AvgIpc) is 2.47. The van der Waals surface area contributed by atoms with Crippen LogP contribution in [0.2, 0.25) is 0 Å². The van der Waals surface area contributed by atoms with E-state index >= 15 is 0 Å². The Morgan fingerprint density at radius 2 is 1.50 bits per heavy atom. The molecule has 2 N–H and O–H groups in total. The first-order valence-electron chi connectivity index (χ1n) is 8.77. The summed E-state index contributed by atoms with van der Waals surface area (Å²) in [4.78, 5) is 11.3. The molecule has 0 aromatic carbocycles. The summed E-state index contributed by atoms with van der Waals surface area (Å²) in [5.41, 5.74) is 0. The van der Waals surface area contributed by atoms with E-state index < -0.39 is 27.8 Å². The van der Waals surface area contributed by atoms with Crippen LogP contribution in [0.4, 0.5) is 0 Å². The quantitative estimate of drug-likeness (QED) is 0.200. The number of unbranched alkanes of at least 4 members (excludes halogenated alkanes) is 9. The van der Waals surface area contributed by atoms with Gasteiger partial charge in [0.1, 0.15) is 0 Å². The predicted octanol–water partition coefficient (Wildman–Crippen LogP) is 3.48. The summed E-state index contributed by atoms with van der Waals surface area (Å²) in [6.45, 7) is 5.56. The van der Waals surface area contributed by atoms with E-state index in [1.807, 2.05) is 0 Å². The van der Waals surface area contributed by atoms with Crippen molar-refractivity contribution in [3.05, 3.63) is 12.7 Å². The average molecular weight is 371 g/mol. The second-order valence-corrected chi connectivity index (χ2v) is 7.63. The van der Waals surface area contributed by atoms with Gasteiger partial charge in [-0.1, -0.05) is 77.7 Å². The van der Waals surface area contributed by atoms with E-state index in [1.54, 1.807) is 0 Å². The van der Waals surface area contributed by atoms with Crippen LogP contribution in [0, 0.1) is 0 Å². The molecule has 1 unspecified atom stereocenters. The zero-order chi connectivity index (χ0) is 17.6. The molecule has 24 heavy (non-hydrogen) atoms. The summed E-state index contributed by atoms with van der Waals surface area (Å²) in [6.07, 6.45) is 13.6. The fraction of sp³-hybridized carbons (Fsp3) is 0.824. The predicted molar refractivity (Wildman–Crippen MR) is 101 cm³/mol. The molecule has 7 heteroatoms. The van der Waals surface area contributed by atoms with Gasteiger partial charge in [-0.2, -0.15) is 8.42 Å². The smallest absolute Gasteiger partial charge is 0.266 e. The molecular weight excluding hydrogens is 337 g/mol. The van der Waals surface area contributed by atoms with Gasteiger partial charge in [0.2, 0.25) is 5.91 Å². The molecule has 0 heterocycles. The maximum atomic E-state index is 11.3. The van der Waals surface area contributed by atoms with E-state index in [0.29, 0.717) is 6.42 Å². The van der Waals surface area contributed by atoms with Crippen molar-refractivity contribution >= 4 is 45.6 Å². The molecule has 0 aromatic rings. The van der Waals surface area contributed by atoms with E-state index in [9.17, 15) is 13.2 Å². The van der Waals surface area contributed by atoms with Gasteiger partial charge in [0.15, 0.2) is 0 Å². The fourth-order valence-electron chi connectivity index (χ4n) is 2.59. The third-order valence-corrected chi connectivity index (χ3v) is 4.67. The molecule has 1 amide bonds. The number of rotatable bonds is 15. The van der Waals surface area contributed by atoms with Crippen molar-refractivity contribution in [2.24, 2.45) is 0 Å². The summed E-state index contributed by atoms with van der Waals surface area (Å²) in [5, 5.41) is 2.56. The fourth-order valence-corrected chi connectivity index (χ4v) is 3.35. The van der Waals surface area contributed by atoms with Gasteiger partial charge in [-0.25, -0.2) is 0 Å². The zero-order valence-corrected chi connectivity index (χ0v) is 18.2. The molecule has 0 saturated carbocycles. The molecule has 0 bridgehead atoms. The van der Waals surface area contributed by atoms with Gasteiger partial charge in [0.25, 0.3) is 10.1 Å². The van der Waals surface area contributed by atoms with Crippen LogP contribution in [-0.4, -0.2) is 60.2 Å². The monoisotopic (exact) mass is 370 g/mol. The van der Waals surface area contributed by atoms with Crippen LogP contribution in [0.15, 0.2) is 12.7 Å². The third kappa shape index (κ3) is 18.5. The second kappa shape index (κ2) is 16.6. The van der Waals surface area contributed by atoms with Crippen molar-refractivity contribution < 1.29 is 17.8 Å². The van der Waals surface area contributed by atoms with Gasteiger partial charge in [-0.15, -0.1) is 0 Å². The van der Waals surface area contributed by atoms with Crippen molar-refractivity contribution in [3.8, 4) is 0 Å². The maximum Gasteiger partial charge on any atom is 0.266 e. The number of carbonyl (C=O) groups is 1. The van der Waals surface area contributed by atoms with E-state index in [2.05, 4.69) is 18.8 Å². The van der Waals surface area contributed by atoms with Gasteiger partial charge in [0.05, 0.1) is 5.75 Å². The molecule has 0 saturated heterocycles. The molecule has 0 aliphatic rings. The standard InChI is InChI=1S/C17H33NO4S.Na/c1-3-5-6-7-8-9-10-11-12-13-14-16(15-23(20,21)22)18-17(19)4-2;/h4,16H,2-3,5-15H2,1H3,(H,18,19)(H,20,21,22);. The summed E-state index contributed by atoms with van der Waals surface area (Å²) < 4.78 is 30.9. The summed E-state index contributed by atoms with van der Waals surface area (Å²) >= 11 is 0. The first-order chi connectivity index (χ1) is 10.9. The first-order valence-corrected chi connectivity index (χ1v) is 10.4. The molecule has 0 fully saturated rings. The SMILES string of the molecule is C=CC(=O)NC(CCCCCCCCCCCC)CS(=O)(=O)O.[Na]. The molecule has 5 nitrogen and oxygen atoms in total. The van der Waals surface area contributed by atoms with Crippen LogP contribution < -0.4 is 5.32 Å². The molecule has 1 atom stereocenters. The minimum Gasteiger partial charge on any atom is -0.349 e. The molecule has 0 aliphatic heterocycles. The Bertz CT molecular complexity index is 426. The molecule has 0 rings (SSSR count). The number of hydrogen-bond donors (Lipinski definition) is 2. The zero-order valence-electron chi connectivity index (χ0n) is 15.4. The number of carbonyl (C=O) groups excluding carboxylic acids is 1. The van der Waals surface area contributed by atoms with Crippen molar-refractivity contribution in [1.82, 2.24) is 5.32 Å². The van der Waals surface area contributed by atoms with E-state index in [-0.39, 0.29) is 29.6 Å². The molecule has 0 aromatic heterocycles. The van der Waals surface area contributed by atoms with E-state index in [0.717, 1.165) is 25.3 Å². The normalized spacial score (nSPS) is 12.2. The summed E-state index contributed by atoms with van der Waals surface area (Å²) in [6, 6.07) is -0.551. The van der Waals surface area contributed by atoms with Crippen LogP contribution >= 0.6 is 0 Å². The van der Waals surface area contributed by atoms with Gasteiger partial charge >= 0.3 is 0 Å². The van der Waals surface area contributed by atoms with Gasteiger partial charge in [-0.3, -0.25) is 9.35 Å². The maximum absolute atomic E-state index is 11.3. The Morgan fingerprint density at radius 3 is 1.92 bits per heavy atom. The second-order valence-electron chi connectivity index (χ2n) is 6.13. The Morgan fingerprint density at radius 1 is 1.04 bits per heavy atom. The number of amides is 1. The summed E-state index contributed by atoms with van der Waals surface area (Å²) in [7, 11) is -4.09. The van der Waals surface area contributed by atoms with Crippen LogP contribution in [-0.2, 0) is 14.9 Å². The number of nitrogens with one attached hydrogen (secondary N) is 1. The minimum absolute atomic E-state index is 0. The van der Waals surface area contributed by atoms with Gasteiger partial charge in [-0.05, 0) is 12.5 Å². The van der Waals surface area contributed by atoms with Crippen molar-refractivity contribution in [3.63, 3.8) is 0 Å². The van der Waals surface area contributed by atoms with Gasteiger partial charge in [0, 0.05) is 35.6 Å². The third-order valence-electron chi connectivity index (χ3n) is 3.85. The van der Waals surface area contributed by atoms with Crippen molar-refractivity contribution in [1.29, 1.82) is 0 Å². The summed E-state index contributed by atoms with van der Waals surface area (Å²) in [5.74, 6) is -0.852. The van der Waals surface area contributed by atoms with Crippen LogP contribution in [0.3, 0.4) is 0 Å². The Balaban J connectivity index is 0. The first kappa shape index (κ1) is 26.4. The topological polar surface area (TPSA) is 83.5 Å². The van der Waals surface area contributed by atoms with Crippen LogP contribution in [0.25, 0.3) is 0 Å². The Hall–Kier alpha value is 0.120. The minimum atomic E-state index is -4.09. The van der Waals surface area contributed by atoms with Gasteiger partial charge < -0.3 is 5.32 Å². The van der Waals surface area contributed by atoms with E-state index in [4.69, 9.17) is 4.55 Å². The Labute approximate surface area is 170 Å². The molecule has 137 valence electrons. The van der Waals surface area contributed by atoms with Crippen molar-refractivity contribution in [2.75, 3.05) is 5.75 Å². The molecular formula is C17H33NNaO4S. The molecule has 1 radical (unpaired) electrons. The Kier molecular flexibility index (Phi) is 18.2. The molecule has 0 spiro atoms. The largest absolute Gasteiger partial charge is 0.349 e. The molecule has 0 aliphatic carbocycles. The number of hydrogen-bond acceptors (Lipinski definition) is 3. The van der Waals surface area contributed by atoms with Crippen molar-refractivity contribution in [2.45, 2.75) is 83.6 Å².